The number of rotatable bonds is 7. The minimum atomic E-state index is -3.75. The molecule has 0 radical (unpaired) electrons. The molecule has 21 heavy (non-hydrogen) atoms. The normalized spacial score (nSPS) is 11.5. The molecule has 0 amide bonds. The minimum absolute atomic E-state index is 0.0313. The van der Waals surface area contributed by atoms with Crippen LogP contribution in [-0.4, -0.2) is 24.9 Å². The van der Waals surface area contributed by atoms with Gasteiger partial charge in [0.25, 0.3) is 10.0 Å². The Morgan fingerprint density at radius 3 is 2.67 bits per heavy atom. The molecule has 7 nitrogen and oxygen atoms in total. The smallest absolute Gasteiger partial charge is 0.267 e. The Morgan fingerprint density at radius 2 is 2.00 bits per heavy atom. The highest BCUT2D eigenvalue weighted by molar-refractivity contribution is 7.92. The first-order valence-corrected chi connectivity index (χ1v) is 8.11. The molecule has 2 rings (SSSR count). The first-order valence-electron chi connectivity index (χ1n) is 6.63. The van der Waals surface area contributed by atoms with Gasteiger partial charge >= 0.3 is 0 Å². The Morgan fingerprint density at radius 1 is 1.29 bits per heavy atom. The largest absolute Gasteiger partial charge is 0.464 e. The zero-order chi connectivity index (χ0) is 15.3. The molecular weight excluding hydrogens is 292 g/mol. The first kappa shape index (κ1) is 15.5. The van der Waals surface area contributed by atoms with Crippen LogP contribution in [0, 0.1) is 6.92 Å². The van der Waals surface area contributed by atoms with Crippen molar-refractivity contribution >= 4 is 16.0 Å². The summed E-state index contributed by atoms with van der Waals surface area (Å²) in [5, 5.41) is 3.16. The predicted molar refractivity (Wildman–Crippen MR) is 78.3 cm³/mol. The molecule has 0 saturated heterocycles. The van der Waals surface area contributed by atoms with Crippen LogP contribution in [0.15, 0.2) is 33.8 Å². The van der Waals surface area contributed by atoms with Gasteiger partial charge in [-0.05, 0) is 26.0 Å². The summed E-state index contributed by atoms with van der Waals surface area (Å²) in [6, 6.07) is 3.13. The second kappa shape index (κ2) is 6.68. The van der Waals surface area contributed by atoms with Crippen molar-refractivity contribution in [3.63, 3.8) is 0 Å². The van der Waals surface area contributed by atoms with Crippen molar-refractivity contribution in [2.75, 3.05) is 11.3 Å². The highest BCUT2D eigenvalue weighted by atomic mass is 32.2. The van der Waals surface area contributed by atoms with E-state index < -0.39 is 10.0 Å². The molecule has 2 N–H and O–H groups in total. The number of hydrogen-bond acceptors (Lipinski definition) is 6. The standard InChI is InChI=1S/C13H18N4O3S/c1-3-5-14-9-11-8-12(10(2)20-11)21(18,19)17-13-15-6-4-7-16-13/h4,6-8,14H,3,5,9H2,1-2H3,(H,15,16,17). The zero-order valence-corrected chi connectivity index (χ0v) is 12.8. The molecule has 0 aliphatic carbocycles. The van der Waals surface area contributed by atoms with E-state index in [1.54, 1.807) is 13.0 Å². The molecule has 0 fully saturated rings. The van der Waals surface area contributed by atoms with Gasteiger partial charge in [0.1, 0.15) is 16.4 Å². The van der Waals surface area contributed by atoms with Gasteiger partial charge in [0.2, 0.25) is 5.95 Å². The maximum Gasteiger partial charge on any atom is 0.267 e. The molecule has 0 aliphatic rings. The van der Waals surface area contributed by atoms with Gasteiger partial charge in [0.05, 0.1) is 6.54 Å². The van der Waals surface area contributed by atoms with E-state index in [1.807, 2.05) is 0 Å². The van der Waals surface area contributed by atoms with Crippen LogP contribution in [0.1, 0.15) is 24.9 Å². The van der Waals surface area contributed by atoms with E-state index in [9.17, 15) is 8.42 Å². The minimum Gasteiger partial charge on any atom is -0.464 e. The second-order valence-electron chi connectivity index (χ2n) is 4.49. The van der Waals surface area contributed by atoms with Crippen LogP contribution >= 0.6 is 0 Å². The molecule has 0 aromatic carbocycles. The average Bonchev–Trinajstić information content (AvgIpc) is 2.82. The predicted octanol–water partition coefficient (Wildman–Crippen LogP) is 1.68. The molecular formula is C13H18N4O3S. The van der Waals surface area contributed by atoms with Gasteiger partial charge in [-0.15, -0.1) is 0 Å². The number of aryl methyl sites for hydroxylation is 1. The number of nitrogens with zero attached hydrogens (tertiary/aromatic N) is 2. The number of nitrogens with one attached hydrogen (secondary N) is 2. The third kappa shape index (κ3) is 4.02. The van der Waals surface area contributed by atoms with Crippen molar-refractivity contribution in [2.24, 2.45) is 0 Å². The fraction of sp³-hybridized carbons (Fsp3) is 0.385. The molecule has 2 aromatic heterocycles. The van der Waals surface area contributed by atoms with Gasteiger partial charge in [-0.2, -0.15) is 0 Å². The summed E-state index contributed by atoms with van der Waals surface area (Å²) >= 11 is 0. The van der Waals surface area contributed by atoms with Gasteiger partial charge in [0.15, 0.2) is 0 Å². The van der Waals surface area contributed by atoms with Crippen LogP contribution in [0.25, 0.3) is 0 Å². The third-order valence-corrected chi connectivity index (χ3v) is 4.17. The highest BCUT2D eigenvalue weighted by Gasteiger charge is 2.22. The third-order valence-electron chi connectivity index (χ3n) is 2.73. The van der Waals surface area contributed by atoms with Crippen molar-refractivity contribution < 1.29 is 12.8 Å². The van der Waals surface area contributed by atoms with Gasteiger partial charge in [-0.3, -0.25) is 0 Å². The number of sulfonamides is 1. The van der Waals surface area contributed by atoms with Crippen LogP contribution in [0.5, 0.6) is 0 Å². The molecule has 0 aliphatic heterocycles. The fourth-order valence-electron chi connectivity index (χ4n) is 1.79. The molecule has 0 atom stereocenters. The molecule has 0 saturated carbocycles. The summed E-state index contributed by atoms with van der Waals surface area (Å²) in [4.78, 5) is 7.78. The number of aromatic nitrogens is 2. The van der Waals surface area contributed by atoms with Gasteiger partial charge < -0.3 is 9.73 Å². The lowest BCUT2D eigenvalue weighted by molar-refractivity contribution is 0.457. The SMILES string of the molecule is CCCNCc1cc(S(=O)(=O)Nc2ncccn2)c(C)o1. The summed E-state index contributed by atoms with van der Waals surface area (Å²) < 4.78 is 32.4. The van der Waals surface area contributed by atoms with Crippen LogP contribution in [-0.2, 0) is 16.6 Å². The molecule has 0 bridgehead atoms. The van der Waals surface area contributed by atoms with E-state index in [4.69, 9.17) is 4.42 Å². The van der Waals surface area contributed by atoms with Crippen LogP contribution < -0.4 is 10.0 Å². The lowest BCUT2D eigenvalue weighted by atomic mass is 10.4. The molecule has 114 valence electrons. The van der Waals surface area contributed by atoms with Gasteiger partial charge in [-0.25, -0.2) is 23.1 Å². The summed E-state index contributed by atoms with van der Waals surface area (Å²) in [6.45, 7) is 5.01. The quantitative estimate of drug-likeness (QED) is 0.755. The lowest BCUT2D eigenvalue weighted by Crippen LogP contribution is -2.15. The van der Waals surface area contributed by atoms with Gasteiger partial charge in [-0.1, -0.05) is 6.92 Å². The van der Waals surface area contributed by atoms with E-state index in [1.165, 1.54) is 18.5 Å². The van der Waals surface area contributed by atoms with E-state index in [-0.39, 0.29) is 10.8 Å². The number of hydrogen-bond donors (Lipinski definition) is 2. The topological polar surface area (TPSA) is 97.1 Å². The van der Waals surface area contributed by atoms with Crippen molar-refractivity contribution in [3.8, 4) is 0 Å². The Balaban J connectivity index is 2.16. The highest BCUT2D eigenvalue weighted by Crippen LogP contribution is 2.21. The average molecular weight is 310 g/mol. The first-order chi connectivity index (χ1) is 10.0. The van der Waals surface area contributed by atoms with Crippen molar-refractivity contribution in [1.82, 2.24) is 15.3 Å². The lowest BCUT2D eigenvalue weighted by Gasteiger charge is -2.04. The summed E-state index contributed by atoms with van der Waals surface area (Å²) in [6.07, 6.45) is 3.93. The van der Waals surface area contributed by atoms with Crippen molar-refractivity contribution in [2.45, 2.75) is 31.7 Å². The molecule has 0 spiro atoms. The molecule has 2 heterocycles. The van der Waals surface area contributed by atoms with E-state index in [0.717, 1.165) is 13.0 Å². The van der Waals surface area contributed by atoms with Crippen molar-refractivity contribution in [1.29, 1.82) is 0 Å². The maximum atomic E-state index is 12.3. The maximum absolute atomic E-state index is 12.3. The van der Waals surface area contributed by atoms with Gasteiger partial charge in [0, 0.05) is 18.5 Å². The Bertz CT molecular complexity index is 683. The van der Waals surface area contributed by atoms with E-state index in [0.29, 0.717) is 18.1 Å². The van der Waals surface area contributed by atoms with Crippen LogP contribution in [0.4, 0.5) is 5.95 Å². The van der Waals surface area contributed by atoms with E-state index in [2.05, 4.69) is 26.9 Å². The van der Waals surface area contributed by atoms with Crippen LogP contribution in [0.3, 0.4) is 0 Å². The summed E-state index contributed by atoms with van der Waals surface area (Å²) in [5.74, 6) is 0.950. The Hall–Kier alpha value is -1.93. The summed E-state index contributed by atoms with van der Waals surface area (Å²) in [5.41, 5.74) is 0. The second-order valence-corrected chi connectivity index (χ2v) is 6.14. The molecule has 2 aromatic rings. The van der Waals surface area contributed by atoms with Crippen molar-refractivity contribution in [3.05, 3.63) is 36.0 Å². The fourth-order valence-corrected chi connectivity index (χ4v) is 2.96. The Labute approximate surface area is 123 Å². The molecule has 0 unspecified atom stereocenters. The van der Waals surface area contributed by atoms with Crippen LogP contribution in [0.2, 0.25) is 0 Å². The summed E-state index contributed by atoms with van der Waals surface area (Å²) in [7, 11) is -3.75. The van der Waals surface area contributed by atoms with E-state index >= 15 is 0 Å². The monoisotopic (exact) mass is 310 g/mol. The molecule has 8 heteroatoms. The number of anilines is 1. The Kier molecular flexibility index (Phi) is 4.92. The number of furan rings is 1. The zero-order valence-electron chi connectivity index (χ0n) is 12.0.